The van der Waals surface area contributed by atoms with Crippen LogP contribution in [0.15, 0.2) is 0 Å². The second kappa shape index (κ2) is 3.49. The van der Waals surface area contributed by atoms with Gasteiger partial charge in [0.05, 0.1) is 0 Å². The van der Waals surface area contributed by atoms with E-state index < -0.39 is 0 Å². The minimum absolute atomic E-state index is 0.498. The van der Waals surface area contributed by atoms with Gasteiger partial charge in [-0.25, -0.2) is 0 Å². The van der Waals surface area contributed by atoms with Crippen molar-refractivity contribution in [2.45, 2.75) is 75.5 Å². The molecule has 3 rings (SSSR count). The van der Waals surface area contributed by atoms with E-state index in [1.807, 2.05) is 0 Å². The Morgan fingerprint density at radius 3 is 1.86 bits per heavy atom. The zero-order chi connectivity index (χ0) is 9.54. The molecular formula is C12H22N2. The summed E-state index contributed by atoms with van der Waals surface area (Å²) in [5, 5.41) is 0. The first-order chi connectivity index (χ1) is 6.84. The molecule has 4 atom stereocenters. The van der Waals surface area contributed by atoms with Crippen molar-refractivity contribution in [1.29, 1.82) is 0 Å². The second-order valence-corrected chi connectivity index (χ2v) is 5.50. The van der Waals surface area contributed by atoms with Crippen LogP contribution in [-0.2, 0) is 0 Å². The van der Waals surface area contributed by atoms with Gasteiger partial charge >= 0.3 is 0 Å². The highest BCUT2D eigenvalue weighted by Crippen LogP contribution is 2.39. The average Bonchev–Trinajstić information content (AvgIpc) is 2.18. The second-order valence-electron chi connectivity index (χ2n) is 5.50. The van der Waals surface area contributed by atoms with Crippen LogP contribution in [0.2, 0.25) is 0 Å². The fraction of sp³-hybridized carbons (Fsp3) is 1.00. The Bertz CT molecular complexity index is 196. The summed E-state index contributed by atoms with van der Waals surface area (Å²) < 4.78 is 0. The molecule has 2 heteroatoms. The molecule has 0 aromatic heterocycles. The molecule has 0 radical (unpaired) electrons. The van der Waals surface area contributed by atoms with Crippen LogP contribution in [0.25, 0.3) is 0 Å². The summed E-state index contributed by atoms with van der Waals surface area (Å²) in [6.07, 6.45) is 11.2. The van der Waals surface area contributed by atoms with Gasteiger partial charge in [0, 0.05) is 24.2 Å². The molecule has 0 amide bonds. The highest BCUT2D eigenvalue weighted by atomic mass is 15.2. The molecule has 0 saturated carbocycles. The van der Waals surface area contributed by atoms with Gasteiger partial charge in [0.2, 0.25) is 0 Å². The normalized spacial score (nSPS) is 48.6. The molecule has 3 heterocycles. The van der Waals surface area contributed by atoms with Gasteiger partial charge in [0.1, 0.15) is 0 Å². The molecule has 2 nitrogen and oxygen atoms in total. The Kier molecular flexibility index (Phi) is 2.29. The monoisotopic (exact) mass is 194 g/mol. The topological polar surface area (TPSA) is 29.3 Å². The predicted molar refractivity (Wildman–Crippen MR) is 58.1 cm³/mol. The van der Waals surface area contributed by atoms with E-state index in [1.54, 1.807) is 0 Å². The lowest BCUT2D eigenvalue weighted by atomic mass is 9.77. The SMILES string of the molecule is NC1C[C@H]2CCCC3CCC[C@@H](C1)N32. The van der Waals surface area contributed by atoms with E-state index in [2.05, 4.69) is 4.90 Å². The molecule has 80 valence electrons. The van der Waals surface area contributed by atoms with Gasteiger partial charge in [0.15, 0.2) is 0 Å². The van der Waals surface area contributed by atoms with Crippen molar-refractivity contribution >= 4 is 0 Å². The van der Waals surface area contributed by atoms with Crippen LogP contribution in [0.5, 0.6) is 0 Å². The van der Waals surface area contributed by atoms with E-state index in [4.69, 9.17) is 5.73 Å². The molecule has 3 aliphatic rings. The number of nitrogens with two attached hydrogens (primary N) is 1. The van der Waals surface area contributed by atoms with Crippen molar-refractivity contribution in [1.82, 2.24) is 4.90 Å². The number of rotatable bonds is 0. The third-order valence-electron chi connectivity index (χ3n) is 4.56. The zero-order valence-electron chi connectivity index (χ0n) is 8.99. The highest BCUT2D eigenvalue weighted by molar-refractivity contribution is 4.98. The maximum Gasteiger partial charge on any atom is 0.0116 e. The highest BCUT2D eigenvalue weighted by Gasteiger charge is 2.41. The van der Waals surface area contributed by atoms with Gasteiger partial charge < -0.3 is 5.73 Å². The van der Waals surface area contributed by atoms with E-state index in [1.165, 1.54) is 51.4 Å². The van der Waals surface area contributed by atoms with E-state index >= 15 is 0 Å². The Morgan fingerprint density at radius 2 is 1.29 bits per heavy atom. The summed E-state index contributed by atoms with van der Waals surface area (Å²) in [6.45, 7) is 0. The van der Waals surface area contributed by atoms with E-state index in [9.17, 15) is 0 Å². The molecule has 3 saturated heterocycles. The lowest BCUT2D eigenvalue weighted by molar-refractivity contribution is -0.0312. The number of piperidine rings is 3. The molecular weight excluding hydrogens is 172 g/mol. The van der Waals surface area contributed by atoms with Crippen LogP contribution >= 0.6 is 0 Å². The first-order valence-electron chi connectivity index (χ1n) is 6.37. The standard InChI is InChI=1S/C12H22N2/c13-9-7-11-5-1-3-10-4-2-6-12(8-9)14(10)11/h9-12H,1-8,13H2/t9?,10?,11-,12+. The largest absolute Gasteiger partial charge is 0.328 e. The Balaban J connectivity index is 1.82. The van der Waals surface area contributed by atoms with Gasteiger partial charge in [-0.3, -0.25) is 4.90 Å². The van der Waals surface area contributed by atoms with Crippen LogP contribution < -0.4 is 5.73 Å². The smallest absolute Gasteiger partial charge is 0.0116 e. The van der Waals surface area contributed by atoms with E-state index in [0.717, 1.165) is 18.1 Å². The third kappa shape index (κ3) is 1.40. The maximum atomic E-state index is 6.15. The van der Waals surface area contributed by atoms with Crippen LogP contribution in [0.4, 0.5) is 0 Å². The third-order valence-corrected chi connectivity index (χ3v) is 4.56. The predicted octanol–water partition coefficient (Wildman–Crippen LogP) is 1.88. The quantitative estimate of drug-likeness (QED) is 0.638. The van der Waals surface area contributed by atoms with Gasteiger partial charge in [-0.15, -0.1) is 0 Å². The van der Waals surface area contributed by atoms with Crippen molar-refractivity contribution in [2.75, 3.05) is 0 Å². The molecule has 2 unspecified atom stereocenters. The summed E-state index contributed by atoms with van der Waals surface area (Å²) in [6, 6.07) is 3.13. The summed E-state index contributed by atoms with van der Waals surface area (Å²) in [4.78, 5) is 2.86. The zero-order valence-corrected chi connectivity index (χ0v) is 8.99. The average molecular weight is 194 g/mol. The minimum atomic E-state index is 0.498. The first kappa shape index (κ1) is 9.17. The molecule has 14 heavy (non-hydrogen) atoms. The summed E-state index contributed by atoms with van der Waals surface area (Å²) in [5.41, 5.74) is 6.15. The van der Waals surface area contributed by atoms with Gasteiger partial charge in [-0.2, -0.15) is 0 Å². The van der Waals surface area contributed by atoms with Crippen molar-refractivity contribution < 1.29 is 0 Å². The van der Waals surface area contributed by atoms with Crippen LogP contribution in [0, 0.1) is 0 Å². The summed E-state index contributed by atoms with van der Waals surface area (Å²) in [5.74, 6) is 0. The Hall–Kier alpha value is -0.0800. The van der Waals surface area contributed by atoms with Gasteiger partial charge in [0.25, 0.3) is 0 Å². The summed E-state index contributed by atoms with van der Waals surface area (Å²) in [7, 11) is 0. The lowest BCUT2D eigenvalue weighted by Crippen LogP contribution is -2.60. The molecule has 0 aromatic carbocycles. The minimum Gasteiger partial charge on any atom is -0.328 e. The molecule has 3 fully saturated rings. The van der Waals surface area contributed by atoms with Crippen molar-refractivity contribution in [3.05, 3.63) is 0 Å². The summed E-state index contributed by atoms with van der Waals surface area (Å²) >= 11 is 0. The van der Waals surface area contributed by atoms with Crippen LogP contribution in [-0.4, -0.2) is 29.1 Å². The van der Waals surface area contributed by atoms with Gasteiger partial charge in [-0.05, 0) is 38.5 Å². The molecule has 0 spiro atoms. The fourth-order valence-corrected chi connectivity index (χ4v) is 4.09. The number of nitrogens with zero attached hydrogens (tertiary/aromatic N) is 1. The first-order valence-corrected chi connectivity index (χ1v) is 6.37. The van der Waals surface area contributed by atoms with Crippen molar-refractivity contribution in [2.24, 2.45) is 5.73 Å². The van der Waals surface area contributed by atoms with Crippen molar-refractivity contribution in [3.8, 4) is 0 Å². The maximum absolute atomic E-state index is 6.15. The Labute approximate surface area is 86.8 Å². The van der Waals surface area contributed by atoms with E-state index in [-0.39, 0.29) is 0 Å². The van der Waals surface area contributed by atoms with Crippen LogP contribution in [0.3, 0.4) is 0 Å². The molecule has 0 aliphatic carbocycles. The molecule has 0 bridgehead atoms. The van der Waals surface area contributed by atoms with Crippen molar-refractivity contribution in [3.63, 3.8) is 0 Å². The molecule has 0 aromatic rings. The fourth-order valence-electron chi connectivity index (χ4n) is 4.09. The Morgan fingerprint density at radius 1 is 0.786 bits per heavy atom. The lowest BCUT2D eigenvalue weighted by Gasteiger charge is -2.54. The van der Waals surface area contributed by atoms with Crippen LogP contribution in [0.1, 0.15) is 51.4 Å². The molecule has 2 N–H and O–H groups in total. The molecule has 3 aliphatic heterocycles. The number of hydrogen-bond acceptors (Lipinski definition) is 2. The number of hydrogen-bond donors (Lipinski definition) is 1. The van der Waals surface area contributed by atoms with Gasteiger partial charge in [-0.1, -0.05) is 12.8 Å². The van der Waals surface area contributed by atoms with E-state index in [0.29, 0.717) is 6.04 Å².